The summed E-state index contributed by atoms with van der Waals surface area (Å²) in [5.41, 5.74) is 6.67. The van der Waals surface area contributed by atoms with Gasteiger partial charge >= 0.3 is 0 Å². The zero-order chi connectivity index (χ0) is 12.6. The van der Waals surface area contributed by atoms with Gasteiger partial charge in [0.05, 0.1) is 6.20 Å². The van der Waals surface area contributed by atoms with Gasteiger partial charge in [-0.2, -0.15) is 0 Å². The Morgan fingerprint density at radius 2 is 2.06 bits per heavy atom. The maximum absolute atomic E-state index is 5.94. The molecule has 0 saturated heterocycles. The molecule has 6 heteroatoms. The lowest BCUT2D eigenvalue weighted by Gasteiger charge is -2.08. The Hall–Kier alpha value is -1.62. The van der Waals surface area contributed by atoms with E-state index < -0.39 is 0 Å². The van der Waals surface area contributed by atoms with E-state index >= 15 is 0 Å². The van der Waals surface area contributed by atoms with Gasteiger partial charge in [0.1, 0.15) is 11.0 Å². The standard InChI is InChI=1S/C11H14ClN5/c1-6(2)7-4-9(13)16-10(15-7)11-14-5-8(12)17(11)3/h4-6H,1-3H3,(H2,13,15,16). The lowest BCUT2D eigenvalue weighted by molar-refractivity contribution is 0.811. The van der Waals surface area contributed by atoms with Crippen molar-refractivity contribution < 1.29 is 0 Å². The van der Waals surface area contributed by atoms with Crippen LogP contribution in [0.1, 0.15) is 25.5 Å². The van der Waals surface area contributed by atoms with Crippen LogP contribution in [-0.2, 0) is 7.05 Å². The summed E-state index contributed by atoms with van der Waals surface area (Å²) >= 11 is 5.94. The van der Waals surface area contributed by atoms with Gasteiger partial charge in [0, 0.05) is 18.8 Å². The summed E-state index contributed by atoms with van der Waals surface area (Å²) < 4.78 is 1.72. The molecule has 0 atom stereocenters. The summed E-state index contributed by atoms with van der Waals surface area (Å²) in [6, 6.07) is 1.78. The third-order valence-electron chi connectivity index (χ3n) is 2.49. The molecule has 17 heavy (non-hydrogen) atoms. The Bertz CT molecular complexity index is 547. The second kappa shape index (κ2) is 4.33. The van der Waals surface area contributed by atoms with Crippen LogP contribution in [0.25, 0.3) is 11.6 Å². The van der Waals surface area contributed by atoms with Gasteiger partial charge in [-0.05, 0) is 5.92 Å². The van der Waals surface area contributed by atoms with Crippen LogP contribution >= 0.6 is 11.6 Å². The van der Waals surface area contributed by atoms with Crippen LogP contribution in [0.2, 0.25) is 5.15 Å². The number of imidazole rings is 1. The van der Waals surface area contributed by atoms with Gasteiger partial charge in [-0.25, -0.2) is 15.0 Å². The fraction of sp³-hybridized carbons (Fsp3) is 0.364. The molecule has 0 spiro atoms. The molecule has 0 unspecified atom stereocenters. The van der Waals surface area contributed by atoms with E-state index in [0.29, 0.717) is 22.6 Å². The summed E-state index contributed by atoms with van der Waals surface area (Å²) in [6.07, 6.45) is 1.57. The van der Waals surface area contributed by atoms with Gasteiger partial charge < -0.3 is 10.3 Å². The third kappa shape index (κ3) is 2.24. The molecule has 0 aliphatic heterocycles. The lowest BCUT2D eigenvalue weighted by atomic mass is 10.1. The van der Waals surface area contributed by atoms with Crippen molar-refractivity contribution in [3.05, 3.63) is 23.1 Å². The van der Waals surface area contributed by atoms with E-state index in [9.17, 15) is 0 Å². The lowest BCUT2D eigenvalue weighted by Crippen LogP contribution is -2.04. The molecule has 5 nitrogen and oxygen atoms in total. The Labute approximate surface area is 105 Å². The number of aromatic nitrogens is 4. The summed E-state index contributed by atoms with van der Waals surface area (Å²) in [6.45, 7) is 4.11. The monoisotopic (exact) mass is 251 g/mol. The number of halogens is 1. The highest BCUT2D eigenvalue weighted by atomic mass is 35.5. The molecule has 0 fully saturated rings. The molecule has 0 amide bonds. The first kappa shape index (κ1) is 11.9. The maximum Gasteiger partial charge on any atom is 0.198 e. The Balaban J connectivity index is 2.56. The normalized spacial score (nSPS) is 11.1. The van der Waals surface area contributed by atoms with Crippen LogP contribution in [-0.4, -0.2) is 19.5 Å². The van der Waals surface area contributed by atoms with Crippen LogP contribution in [0.3, 0.4) is 0 Å². The van der Waals surface area contributed by atoms with E-state index in [0.717, 1.165) is 5.69 Å². The minimum Gasteiger partial charge on any atom is -0.384 e. The molecular weight excluding hydrogens is 238 g/mol. The van der Waals surface area contributed by atoms with Crippen LogP contribution < -0.4 is 5.73 Å². The fourth-order valence-electron chi connectivity index (χ4n) is 1.48. The van der Waals surface area contributed by atoms with E-state index in [1.54, 1.807) is 16.8 Å². The van der Waals surface area contributed by atoms with Crippen molar-refractivity contribution in [1.82, 2.24) is 19.5 Å². The molecule has 0 aromatic carbocycles. The number of nitrogen functional groups attached to an aromatic ring is 1. The SMILES string of the molecule is CC(C)c1cc(N)nc(-c2ncc(Cl)n2C)n1. The molecular formula is C11H14ClN5. The minimum atomic E-state index is 0.287. The van der Waals surface area contributed by atoms with Crippen LogP contribution in [0.4, 0.5) is 5.82 Å². The molecule has 90 valence electrons. The summed E-state index contributed by atoms with van der Waals surface area (Å²) in [7, 11) is 1.81. The van der Waals surface area contributed by atoms with E-state index in [2.05, 4.69) is 28.8 Å². The van der Waals surface area contributed by atoms with Crippen molar-refractivity contribution in [2.45, 2.75) is 19.8 Å². The van der Waals surface area contributed by atoms with Crippen molar-refractivity contribution in [3.8, 4) is 11.6 Å². The number of hydrogen-bond donors (Lipinski definition) is 1. The van der Waals surface area contributed by atoms with Gasteiger partial charge in [-0.15, -0.1) is 0 Å². The smallest absolute Gasteiger partial charge is 0.198 e. The molecule has 0 radical (unpaired) electrons. The first-order chi connectivity index (χ1) is 7.99. The minimum absolute atomic E-state index is 0.287. The van der Waals surface area contributed by atoms with E-state index in [1.807, 2.05) is 7.05 Å². The Kier molecular flexibility index (Phi) is 3.02. The second-order valence-corrected chi connectivity index (χ2v) is 4.55. The molecule has 0 bridgehead atoms. The van der Waals surface area contributed by atoms with Crippen molar-refractivity contribution in [3.63, 3.8) is 0 Å². The number of anilines is 1. The number of rotatable bonds is 2. The predicted molar refractivity (Wildman–Crippen MR) is 67.7 cm³/mol. The first-order valence-corrected chi connectivity index (χ1v) is 5.69. The molecule has 2 N–H and O–H groups in total. The van der Waals surface area contributed by atoms with E-state index in [-0.39, 0.29) is 5.92 Å². The van der Waals surface area contributed by atoms with Crippen LogP contribution in [0.5, 0.6) is 0 Å². The summed E-state index contributed by atoms with van der Waals surface area (Å²) in [5, 5.41) is 0.539. The number of hydrogen-bond acceptors (Lipinski definition) is 4. The average Bonchev–Trinajstić information content (AvgIpc) is 2.59. The van der Waals surface area contributed by atoms with Gasteiger partial charge in [0.2, 0.25) is 0 Å². The Morgan fingerprint density at radius 3 is 2.59 bits per heavy atom. The quantitative estimate of drug-likeness (QED) is 0.889. The molecule has 2 aromatic rings. The Morgan fingerprint density at radius 1 is 1.35 bits per heavy atom. The van der Waals surface area contributed by atoms with Gasteiger partial charge in [0.15, 0.2) is 11.6 Å². The highest BCUT2D eigenvalue weighted by molar-refractivity contribution is 6.29. The van der Waals surface area contributed by atoms with Crippen molar-refractivity contribution in [1.29, 1.82) is 0 Å². The topological polar surface area (TPSA) is 69.6 Å². The van der Waals surface area contributed by atoms with Crippen molar-refractivity contribution >= 4 is 17.4 Å². The zero-order valence-corrected chi connectivity index (χ0v) is 10.7. The van der Waals surface area contributed by atoms with Crippen molar-refractivity contribution in [2.24, 2.45) is 7.05 Å². The van der Waals surface area contributed by atoms with E-state index in [1.165, 1.54) is 0 Å². The predicted octanol–water partition coefficient (Wildman–Crippen LogP) is 2.24. The molecule has 0 saturated carbocycles. The highest BCUT2D eigenvalue weighted by Crippen LogP contribution is 2.21. The molecule has 0 aliphatic carbocycles. The molecule has 2 heterocycles. The molecule has 2 aromatic heterocycles. The molecule has 2 rings (SSSR count). The van der Waals surface area contributed by atoms with Gasteiger partial charge in [0.25, 0.3) is 0 Å². The maximum atomic E-state index is 5.94. The van der Waals surface area contributed by atoms with E-state index in [4.69, 9.17) is 17.3 Å². The number of nitrogens with two attached hydrogens (primary N) is 1. The first-order valence-electron chi connectivity index (χ1n) is 5.31. The second-order valence-electron chi connectivity index (χ2n) is 4.16. The van der Waals surface area contributed by atoms with Gasteiger partial charge in [-0.1, -0.05) is 25.4 Å². The van der Waals surface area contributed by atoms with Gasteiger partial charge in [-0.3, -0.25) is 0 Å². The van der Waals surface area contributed by atoms with Crippen LogP contribution in [0.15, 0.2) is 12.3 Å². The van der Waals surface area contributed by atoms with Crippen LogP contribution in [0, 0.1) is 0 Å². The third-order valence-corrected chi connectivity index (χ3v) is 2.84. The average molecular weight is 252 g/mol. The van der Waals surface area contributed by atoms with Crippen molar-refractivity contribution in [2.75, 3.05) is 5.73 Å². The highest BCUT2D eigenvalue weighted by Gasteiger charge is 2.13. The summed E-state index contributed by atoms with van der Waals surface area (Å²) in [5.74, 6) is 1.85. The molecule has 0 aliphatic rings. The summed E-state index contributed by atoms with van der Waals surface area (Å²) in [4.78, 5) is 12.8. The number of nitrogens with zero attached hydrogens (tertiary/aromatic N) is 4. The fourth-order valence-corrected chi connectivity index (χ4v) is 1.61. The zero-order valence-electron chi connectivity index (χ0n) is 9.98. The largest absolute Gasteiger partial charge is 0.384 e.